The molecule has 0 saturated carbocycles. The second-order valence-corrected chi connectivity index (χ2v) is 6.49. The first-order valence-corrected chi connectivity index (χ1v) is 8.02. The quantitative estimate of drug-likeness (QED) is 0.902. The van der Waals surface area contributed by atoms with E-state index in [9.17, 15) is 0 Å². The van der Waals surface area contributed by atoms with Crippen LogP contribution in [0.1, 0.15) is 25.7 Å². The first kappa shape index (κ1) is 13.1. The van der Waals surface area contributed by atoms with Crippen LogP contribution in [0.4, 0.5) is 5.82 Å². The van der Waals surface area contributed by atoms with Crippen LogP contribution in [0, 0.1) is 0 Å². The molecule has 2 N–H and O–H groups in total. The maximum absolute atomic E-state index is 6.06. The average Bonchev–Trinajstić information content (AvgIpc) is 2.42. The summed E-state index contributed by atoms with van der Waals surface area (Å²) in [4.78, 5) is 4.07. The van der Waals surface area contributed by atoms with Gasteiger partial charge < -0.3 is 15.2 Å². The van der Waals surface area contributed by atoms with Crippen molar-refractivity contribution < 1.29 is 9.47 Å². The van der Waals surface area contributed by atoms with Crippen molar-refractivity contribution in [2.75, 3.05) is 23.8 Å². The fraction of sp³-hybridized carbons (Fsp3) is 0.643. The SMILES string of the molecule is Nc1ncccc1OC1CCOC2(CCSCC2)C1. The second-order valence-electron chi connectivity index (χ2n) is 5.26. The van der Waals surface area contributed by atoms with Crippen molar-refractivity contribution in [2.24, 2.45) is 0 Å². The number of nitrogen functional groups attached to an aromatic ring is 1. The monoisotopic (exact) mass is 280 g/mol. The van der Waals surface area contributed by atoms with Crippen molar-refractivity contribution in [1.82, 2.24) is 4.98 Å². The van der Waals surface area contributed by atoms with E-state index in [1.54, 1.807) is 6.20 Å². The first-order chi connectivity index (χ1) is 9.27. The highest BCUT2D eigenvalue weighted by Crippen LogP contribution is 2.38. The number of anilines is 1. The zero-order chi connectivity index (χ0) is 13.1. The lowest BCUT2D eigenvalue weighted by Gasteiger charge is -2.43. The summed E-state index contributed by atoms with van der Waals surface area (Å²) in [6, 6.07) is 3.75. The smallest absolute Gasteiger partial charge is 0.166 e. The van der Waals surface area contributed by atoms with E-state index in [1.165, 1.54) is 11.5 Å². The van der Waals surface area contributed by atoms with Crippen LogP contribution in [0.3, 0.4) is 0 Å². The Hall–Kier alpha value is -0.940. The number of nitrogens with two attached hydrogens (primary N) is 1. The van der Waals surface area contributed by atoms with Gasteiger partial charge in [-0.05, 0) is 36.5 Å². The first-order valence-electron chi connectivity index (χ1n) is 6.86. The molecule has 2 fully saturated rings. The van der Waals surface area contributed by atoms with Crippen LogP contribution in [0.25, 0.3) is 0 Å². The number of hydrogen-bond acceptors (Lipinski definition) is 5. The number of rotatable bonds is 2. The zero-order valence-corrected chi connectivity index (χ0v) is 11.8. The van der Waals surface area contributed by atoms with Gasteiger partial charge in [0.05, 0.1) is 12.2 Å². The van der Waals surface area contributed by atoms with Gasteiger partial charge in [0.2, 0.25) is 0 Å². The lowest BCUT2D eigenvalue weighted by atomic mass is 9.86. The molecule has 3 rings (SSSR count). The predicted molar refractivity (Wildman–Crippen MR) is 77.5 cm³/mol. The van der Waals surface area contributed by atoms with E-state index in [1.807, 2.05) is 23.9 Å². The van der Waals surface area contributed by atoms with Crippen LogP contribution in [0.15, 0.2) is 18.3 Å². The van der Waals surface area contributed by atoms with Crippen LogP contribution < -0.4 is 10.5 Å². The Bertz CT molecular complexity index is 430. The van der Waals surface area contributed by atoms with Gasteiger partial charge >= 0.3 is 0 Å². The molecule has 19 heavy (non-hydrogen) atoms. The van der Waals surface area contributed by atoms with Crippen LogP contribution in [0.2, 0.25) is 0 Å². The maximum atomic E-state index is 6.06. The number of ether oxygens (including phenoxy) is 2. The summed E-state index contributed by atoms with van der Waals surface area (Å²) in [5, 5.41) is 0. The van der Waals surface area contributed by atoms with Crippen molar-refractivity contribution >= 4 is 17.6 Å². The molecule has 4 nitrogen and oxygen atoms in total. The highest BCUT2D eigenvalue weighted by molar-refractivity contribution is 7.99. The molecule has 2 aliphatic rings. The number of nitrogens with zero attached hydrogens (tertiary/aromatic N) is 1. The summed E-state index contributed by atoms with van der Waals surface area (Å²) in [5.41, 5.74) is 5.88. The molecule has 5 heteroatoms. The predicted octanol–water partition coefficient (Wildman–Crippen LogP) is 2.49. The van der Waals surface area contributed by atoms with Gasteiger partial charge in [-0.15, -0.1) is 0 Å². The van der Waals surface area contributed by atoms with Crippen LogP contribution >= 0.6 is 11.8 Å². The lowest BCUT2D eigenvalue weighted by molar-refractivity contribution is -0.116. The van der Waals surface area contributed by atoms with Gasteiger partial charge in [-0.1, -0.05) is 0 Å². The third-order valence-electron chi connectivity index (χ3n) is 3.95. The maximum Gasteiger partial charge on any atom is 0.166 e. The molecule has 0 amide bonds. The van der Waals surface area contributed by atoms with Crippen LogP contribution in [-0.4, -0.2) is 34.8 Å². The largest absolute Gasteiger partial charge is 0.486 e. The van der Waals surface area contributed by atoms with Gasteiger partial charge in [0, 0.05) is 19.0 Å². The Kier molecular flexibility index (Phi) is 3.84. The molecular formula is C14H20N2O2S. The minimum absolute atomic E-state index is 0.0468. The zero-order valence-electron chi connectivity index (χ0n) is 11.0. The highest BCUT2D eigenvalue weighted by Gasteiger charge is 2.39. The summed E-state index contributed by atoms with van der Waals surface area (Å²) in [7, 11) is 0. The summed E-state index contributed by atoms with van der Waals surface area (Å²) in [5.74, 6) is 3.57. The van der Waals surface area contributed by atoms with E-state index >= 15 is 0 Å². The second kappa shape index (κ2) is 5.59. The number of aromatic nitrogens is 1. The lowest BCUT2D eigenvalue weighted by Crippen LogP contribution is -2.46. The molecule has 1 spiro atoms. The van der Waals surface area contributed by atoms with E-state index in [-0.39, 0.29) is 11.7 Å². The Morgan fingerprint density at radius 3 is 3.05 bits per heavy atom. The molecule has 3 heterocycles. The van der Waals surface area contributed by atoms with Gasteiger partial charge in [0.25, 0.3) is 0 Å². The molecular weight excluding hydrogens is 260 g/mol. The molecule has 1 aromatic heterocycles. The Morgan fingerprint density at radius 2 is 2.26 bits per heavy atom. The number of thioether (sulfide) groups is 1. The summed E-state index contributed by atoms with van der Waals surface area (Å²) >= 11 is 2.02. The molecule has 1 atom stereocenters. The number of hydrogen-bond donors (Lipinski definition) is 1. The Balaban J connectivity index is 1.67. The Labute approximate surface area is 118 Å². The minimum Gasteiger partial charge on any atom is -0.486 e. The van der Waals surface area contributed by atoms with Gasteiger partial charge in [-0.3, -0.25) is 0 Å². The average molecular weight is 280 g/mol. The molecule has 104 valence electrons. The summed E-state index contributed by atoms with van der Waals surface area (Å²) in [6.07, 6.45) is 6.07. The normalized spacial score (nSPS) is 26.2. The van der Waals surface area contributed by atoms with Crippen molar-refractivity contribution in [3.63, 3.8) is 0 Å². The van der Waals surface area contributed by atoms with E-state index in [2.05, 4.69) is 4.98 Å². The minimum atomic E-state index is 0.0468. The molecule has 1 aromatic rings. The third-order valence-corrected chi connectivity index (χ3v) is 4.93. The topological polar surface area (TPSA) is 57.4 Å². The van der Waals surface area contributed by atoms with Gasteiger partial charge in [0.15, 0.2) is 11.6 Å². The number of pyridine rings is 1. The molecule has 0 aromatic carbocycles. The van der Waals surface area contributed by atoms with Crippen molar-refractivity contribution in [1.29, 1.82) is 0 Å². The molecule has 2 aliphatic heterocycles. The van der Waals surface area contributed by atoms with Crippen LogP contribution in [-0.2, 0) is 4.74 Å². The van der Waals surface area contributed by atoms with Gasteiger partial charge in [-0.25, -0.2) is 4.98 Å². The van der Waals surface area contributed by atoms with Crippen molar-refractivity contribution in [2.45, 2.75) is 37.4 Å². The van der Waals surface area contributed by atoms with E-state index < -0.39 is 0 Å². The standard InChI is InChI=1S/C14H20N2O2S/c15-13-12(2-1-6-16-13)18-11-3-7-17-14(10-11)4-8-19-9-5-14/h1-2,6,11H,3-5,7-10H2,(H2,15,16). The molecule has 0 radical (unpaired) electrons. The van der Waals surface area contributed by atoms with Crippen molar-refractivity contribution in [3.05, 3.63) is 18.3 Å². The van der Waals surface area contributed by atoms with E-state index in [0.717, 1.165) is 32.3 Å². The molecule has 2 saturated heterocycles. The fourth-order valence-corrected chi connectivity index (χ4v) is 4.09. The van der Waals surface area contributed by atoms with Crippen LogP contribution in [0.5, 0.6) is 5.75 Å². The summed E-state index contributed by atoms with van der Waals surface area (Å²) < 4.78 is 12.1. The van der Waals surface area contributed by atoms with Gasteiger partial charge in [-0.2, -0.15) is 11.8 Å². The van der Waals surface area contributed by atoms with E-state index in [4.69, 9.17) is 15.2 Å². The fourth-order valence-electron chi connectivity index (χ4n) is 2.86. The molecule has 1 unspecified atom stereocenters. The Morgan fingerprint density at radius 1 is 1.42 bits per heavy atom. The molecule has 0 aliphatic carbocycles. The van der Waals surface area contributed by atoms with Crippen molar-refractivity contribution in [3.8, 4) is 5.75 Å². The highest BCUT2D eigenvalue weighted by atomic mass is 32.2. The molecule has 0 bridgehead atoms. The summed E-state index contributed by atoms with van der Waals surface area (Å²) in [6.45, 7) is 0.787. The third kappa shape index (κ3) is 2.98. The van der Waals surface area contributed by atoms with Gasteiger partial charge in [0.1, 0.15) is 6.10 Å². The van der Waals surface area contributed by atoms with E-state index in [0.29, 0.717) is 11.6 Å².